The monoisotopic (exact) mass is 88.1 g/mol. The summed E-state index contributed by atoms with van der Waals surface area (Å²) >= 11 is 0. The first-order valence-electron chi connectivity index (χ1n) is 4.34. The van der Waals surface area contributed by atoms with Gasteiger partial charge in [-0.05, 0) is 12.9 Å². The van der Waals surface area contributed by atoms with Crippen molar-refractivity contribution >= 4 is 0 Å². The highest BCUT2D eigenvalue weighted by molar-refractivity contribution is 4.91. The van der Waals surface area contributed by atoms with E-state index in [-0.39, 0.29) is 0 Å². The second-order valence-electron chi connectivity index (χ2n) is 0.785. The topological polar surface area (TPSA) is 28.7 Å². The lowest BCUT2D eigenvalue weighted by Crippen LogP contribution is -1.65. The first-order valence-corrected chi connectivity index (χ1v) is 1.40. The fourth-order valence-corrected chi connectivity index (χ4v) is 0.178. The van der Waals surface area contributed by atoms with Crippen LogP contribution in [0.15, 0.2) is 12.2 Å². The maximum atomic E-state index is 7.12. The third kappa shape index (κ3) is 0.407. The van der Waals surface area contributed by atoms with Crippen molar-refractivity contribution in [2.24, 2.45) is 0 Å². The summed E-state index contributed by atoms with van der Waals surface area (Å²) in [7, 11) is 0. The Kier molecular flexibility index (Phi) is 0.138. The lowest BCUT2D eigenvalue weighted by Gasteiger charge is -1.65. The summed E-state index contributed by atoms with van der Waals surface area (Å²) in [5.74, 6) is 0. The predicted octanol–water partition coefficient (Wildman–Crippen LogP) is 0.718. The van der Waals surface area contributed by atoms with Crippen LogP contribution in [0, 0.1) is 6.85 Å². The molecular formula is C4H6N2. The molecule has 0 amide bonds. The van der Waals surface area contributed by atoms with Crippen LogP contribution in [-0.2, 0) is 0 Å². The Labute approximate surface area is 44.7 Å². The highest BCUT2D eigenvalue weighted by atomic mass is 15.1. The Morgan fingerprint density at radius 1 is 2.50 bits per heavy atom. The maximum absolute atomic E-state index is 7.12. The lowest BCUT2D eigenvalue weighted by atomic mass is 10.5. The molecule has 0 aliphatic rings. The molecule has 6 heavy (non-hydrogen) atoms. The van der Waals surface area contributed by atoms with Gasteiger partial charge in [-0.2, -0.15) is 5.10 Å². The average molecular weight is 88.1 g/mol. The van der Waals surface area contributed by atoms with E-state index in [0.717, 1.165) is 0 Å². The molecule has 0 aliphatic carbocycles. The zero-order valence-electron chi connectivity index (χ0n) is 8.89. The summed E-state index contributed by atoms with van der Waals surface area (Å²) in [6.45, 7) is -2.51. The van der Waals surface area contributed by atoms with Gasteiger partial charge < -0.3 is 0 Å². The molecule has 1 heterocycles. The number of aromatic amines is 1. The van der Waals surface area contributed by atoms with Gasteiger partial charge in [0.1, 0.15) is 0 Å². The lowest BCUT2D eigenvalue weighted by molar-refractivity contribution is 1.05. The van der Waals surface area contributed by atoms with Gasteiger partial charge in [-0.3, -0.25) is 5.09 Å². The second kappa shape index (κ2) is 1.12. The summed E-state index contributed by atoms with van der Waals surface area (Å²) in [4.78, 5) is 0. The second-order valence-corrected chi connectivity index (χ2v) is 0.785. The highest BCUT2D eigenvalue weighted by Gasteiger charge is 1.74. The van der Waals surface area contributed by atoms with Crippen molar-refractivity contribution in [1.29, 1.82) is 0 Å². The summed E-state index contributed by atoms with van der Waals surface area (Å²) in [5.41, 5.74) is -0.498. The van der Waals surface area contributed by atoms with Crippen LogP contribution in [0.4, 0.5) is 0 Å². The molecule has 1 aromatic rings. The SMILES string of the molecule is [2H]c1c(C([2H])([2H])[2H])nn([2H])c1[2H]. The third-order valence-corrected chi connectivity index (χ3v) is 0.374. The van der Waals surface area contributed by atoms with Gasteiger partial charge in [0.2, 0.25) is 0 Å². The van der Waals surface area contributed by atoms with E-state index in [2.05, 4.69) is 5.10 Å². The fourth-order valence-electron chi connectivity index (χ4n) is 0.178. The number of rotatable bonds is 0. The zero-order chi connectivity index (χ0) is 9.52. The smallest absolute Gasteiger partial charge is 0.189 e. The van der Waals surface area contributed by atoms with Gasteiger partial charge in [-0.25, -0.2) is 0 Å². The molecule has 0 aliphatic heterocycles. The fraction of sp³-hybridized carbons (Fsp3) is 0.250. The molecule has 1 rings (SSSR count). The molecule has 1 N–H and O–H groups in total. The maximum Gasteiger partial charge on any atom is 0.189 e. The summed E-state index contributed by atoms with van der Waals surface area (Å²) < 4.78 is 41.7. The van der Waals surface area contributed by atoms with Crippen LogP contribution >= 0.6 is 0 Å². The normalized spacial score (nSPS) is 25.3. The number of H-pyrrole nitrogens is 1. The van der Waals surface area contributed by atoms with E-state index in [1.54, 1.807) is 0 Å². The van der Waals surface area contributed by atoms with Crippen LogP contribution < -0.4 is 0 Å². The Balaban J connectivity index is 3.28. The Hall–Kier alpha value is -0.790. The van der Waals surface area contributed by atoms with Crippen molar-refractivity contribution in [3.8, 4) is 0 Å². The van der Waals surface area contributed by atoms with E-state index in [1.807, 2.05) is 0 Å². The largest absolute Gasteiger partial charge is 0.285 e. The highest BCUT2D eigenvalue weighted by Crippen LogP contribution is 1.82. The molecule has 32 valence electrons. The van der Waals surface area contributed by atoms with Crippen molar-refractivity contribution in [1.82, 2.24) is 10.2 Å². The molecule has 0 atom stereocenters. The number of aromatic nitrogens is 2. The standard InChI is InChI=1S/C4H6N2/c1-4-2-3-5-6-4/h2-3H,1H3,(H,5,6)/i1D3,2D,3D/hD. The van der Waals surface area contributed by atoms with E-state index in [1.165, 1.54) is 0 Å². The Bertz CT molecular complexity index is 299. The third-order valence-electron chi connectivity index (χ3n) is 0.374. The number of hydrogen-bond acceptors (Lipinski definition) is 1. The predicted molar refractivity (Wildman–Crippen MR) is 23.3 cm³/mol. The quantitative estimate of drug-likeness (QED) is 0.497. The van der Waals surface area contributed by atoms with Crippen LogP contribution in [0.1, 0.15) is 12.5 Å². The molecular weight excluding hydrogens is 76.1 g/mol. The number of aryl methyl sites for hydroxylation is 1. The Morgan fingerprint density at radius 3 is 3.83 bits per heavy atom. The van der Waals surface area contributed by atoms with Gasteiger partial charge in [0.15, 0.2) is 1.41 Å². The minimum absolute atomic E-state index is 0.323. The first kappa shape index (κ1) is 0.735. The van der Waals surface area contributed by atoms with Gasteiger partial charge in [0, 0.05) is 10.3 Å². The van der Waals surface area contributed by atoms with Crippen LogP contribution in [0.2, 0.25) is 1.41 Å². The van der Waals surface area contributed by atoms with E-state index < -0.39 is 24.8 Å². The van der Waals surface area contributed by atoms with Crippen molar-refractivity contribution in [2.45, 2.75) is 6.85 Å². The summed E-state index contributed by atoms with van der Waals surface area (Å²) in [5, 5.41) is 3.55. The minimum Gasteiger partial charge on any atom is -0.285 e. The molecule has 2 heteroatoms. The van der Waals surface area contributed by atoms with Crippen LogP contribution in [0.5, 0.6) is 0 Å². The number of nitrogens with one attached hydrogen (secondary N) is 1. The van der Waals surface area contributed by atoms with Gasteiger partial charge >= 0.3 is 0 Å². The molecule has 0 bridgehead atoms. The Morgan fingerprint density at radius 2 is 3.50 bits per heavy atom. The van der Waals surface area contributed by atoms with Gasteiger partial charge in [-0.15, -0.1) is 0 Å². The van der Waals surface area contributed by atoms with E-state index in [0.29, 0.717) is 5.09 Å². The molecule has 0 aromatic carbocycles. The molecule has 0 radical (unpaired) electrons. The molecule has 2 nitrogen and oxygen atoms in total. The minimum atomic E-state index is -2.51. The van der Waals surface area contributed by atoms with Crippen molar-refractivity contribution in [3.63, 3.8) is 0 Å². The summed E-state index contributed by atoms with van der Waals surface area (Å²) in [6.07, 6.45) is -0.513. The molecule has 0 saturated heterocycles. The zero-order valence-corrected chi connectivity index (χ0v) is 2.89. The van der Waals surface area contributed by atoms with Gasteiger partial charge in [-0.1, -0.05) is 0 Å². The van der Waals surface area contributed by atoms with E-state index in [9.17, 15) is 0 Å². The average Bonchev–Trinajstić information content (AvgIpc) is 2.15. The molecule has 0 unspecified atom stereocenters. The van der Waals surface area contributed by atoms with Crippen molar-refractivity contribution in [3.05, 3.63) is 17.9 Å². The van der Waals surface area contributed by atoms with Crippen LogP contribution in [0.25, 0.3) is 0 Å². The number of nitrogens with zero attached hydrogens (tertiary/aromatic N) is 1. The van der Waals surface area contributed by atoms with Gasteiger partial charge in [0.25, 0.3) is 0 Å². The van der Waals surface area contributed by atoms with E-state index in [4.69, 9.17) is 8.27 Å². The van der Waals surface area contributed by atoms with Gasteiger partial charge in [0.05, 0.1) is 8.44 Å². The van der Waals surface area contributed by atoms with Crippen molar-refractivity contribution < 1.29 is 8.27 Å². The van der Waals surface area contributed by atoms with Crippen LogP contribution in [0.3, 0.4) is 0 Å². The van der Waals surface area contributed by atoms with E-state index >= 15 is 0 Å². The van der Waals surface area contributed by atoms with Crippen LogP contribution in [-0.4, -0.2) is 10.2 Å². The molecule has 0 saturated carbocycles. The molecule has 0 fully saturated rings. The molecule has 1 aromatic heterocycles. The van der Waals surface area contributed by atoms with Crippen molar-refractivity contribution in [2.75, 3.05) is 0 Å². The molecule has 0 spiro atoms. The summed E-state index contributed by atoms with van der Waals surface area (Å²) in [6, 6.07) is -0.509. The number of hydrogen-bond donors (Lipinski definition) is 1. The first-order chi connectivity index (χ1) is 5.34.